The van der Waals surface area contributed by atoms with E-state index in [0.29, 0.717) is 44.0 Å². The summed E-state index contributed by atoms with van der Waals surface area (Å²) in [6.07, 6.45) is 0.443. The molecule has 6 nitrogen and oxygen atoms in total. The van der Waals surface area contributed by atoms with Crippen molar-refractivity contribution >= 4 is 11.8 Å². The van der Waals surface area contributed by atoms with Gasteiger partial charge in [-0.1, -0.05) is 30.3 Å². The Kier molecular flexibility index (Phi) is 6.44. The Morgan fingerprint density at radius 2 is 1.74 bits per heavy atom. The third kappa shape index (κ3) is 5.08. The predicted octanol–water partition coefficient (Wildman–Crippen LogP) is 1.90. The highest BCUT2D eigenvalue weighted by Gasteiger charge is 2.27. The lowest BCUT2D eigenvalue weighted by Crippen LogP contribution is -2.52. The van der Waals surface area contributed by atoms with Gasteiger partial charge in [0.2, 0.25) is 5.91 Å². The molecule has 3 rings (SSSR count). The van der Waals surface area contributed by atoms with E-state index < -0.39 is 6.04 Å². The number of hydrogen-bond donors (Lipinski definition) is 1. The molecule has 1 fully saturated rings. The summed E-state index contributed by atoms with van der Waals surface area (Å²) >= 11 is 0. The lowest BCUT2D eigenvalue weighted by Gasteiger charge is -2.31. The molecule has 1 aliphatic rings. The van der Waals surface area contributed by atoms with Crippen molar-refractivity contribution < 1.29 is 19.1 Å². The fourth-order valence-corrected chi connectivity index (χ4v) is 3.04. The molecular weight excluding hydrogens is 344 g/mol. The number of amides is 2. The largest absolute Gasteiger partial charge is 0.497 e. The maximum absolute atomic E-state index is 13.0. The van der Waals surface area contributed by atoms with Crippen molar-refractivity contribution in [3.63, 3.8) is 0 Å². The zero-order chi connectivity index (χ0) is 19.1. The summed E-state index contributed by atoms with van der Waals surface area (Å²) in [5.41, 5.74) is 1.49. The minimum Gasteiger partial charge on any atom is -0.497 e. The monoisotopic (exact) mass is 368 g/mol. The van der Waals surface area contributed by atoms with Crippen LogP contribution in [-0.2, 0) is 16.0 Å². The summed E-state index contributed by atoms with van der Waals surface area (Å²) in [5, 5.41) is 2.90. The summed E-state index contributed by atoms with van der Waals surface area (Å²) in [7, 11) is 1.58. The first-order valence-electron chi connectivity index (χ1n) is 9.03. The van der Waals surface area contributed by atoms with Crippen molar-refractivity contribution in [1.29, 1.82) is 0 Å². The number of nitrogens with one attached hydrogen (secondary N) is 1. The van der Waals surface area contributed by atoms with Crippen LogP contribution in [0.2, 0.25) is 0 Å². The second-order valence-electron chi connectivity index (χ2n) is 6.38. The van der Waals surface area contributed by atoms with E-state index in [1.54, 1.807) is 36.3 Å². The number of rotatable bonds is 6. The number of methoxy groups -OCH3 is 1. The Labute approximate surface area is 159 Å². The van der Waals surface area contributed by atoms with E-state index in [1.165, 1.54) is 0 Å². The summed E-state index contributed by atoms with van der Waals surface area (Å²) in [5.74, 6) is 0.320. The van der Waals surface area contributed by atoms with Gasteiger partial charge in [0.25, 0.3) is 5.91 Å². The second kappa shape index (κ2) is 9.19. The Morgan fingerprint density at radius 1 is 1.07 bits per heavy atom. The zero-order valence-corrected chi connectivity index (χ0v) is 15.4. The van der Waals surface area contributed by atoms with Gasteiger partial charge in [-0.05, 0) is 29.8 Å². The van der Waals surface area contributed by atoms with Gasteiger partial charge in [0.1, 0.15) is 11.8 Å². The number of morpholine rings is 1. The van der Waals surface area contributed by atoms with Gasteiger partial charge >= 0.3 is 0 Å². The Balaban J connectivity index is 1.75. The molecule has 0 aliphatic carbocycles. The minimum atomic E-state index is -0.625. The van der Waals surface area contributed by atoms with Gasteiger partial charge in [-0.15, -0.1) is 0 Å². The van der Waals surface area contributed by atoms with E-state index in [9.17, 15) is 9.59 Å². The summed E-state index contributed by atoms with van der Waals surface area (Å²) in [4.78, 5) is 27.4. The summed E-state index contributed by atoms with van der Waals surface area (Å²) in [6, 6.07) is 15.9. The first-order valence-corrected chi connectivity index (χ1v) is 9.03. The first-order chi connectivity index (χ1) is 13.2. The van der Waals surface area contributed by atoms with E-state index in [0.717, 1.165) is 5.56 Å². The van der Waals surface area contributed by atoms with Gasteiger partial charge in [-0.2, -0.15) is 0 Å². The molecular formula is C21H24N2O4. The van der Waals surface area contributed by atoms with E-state index in [-0.39, 0.29) is 11.8 Å². The van der Waals surface area contributed by atoms with E-state index in [4.69, 9.17) is 9.47 Å². The molecule has 2 amide bonds. The molecule has 2 aromatic rings. The zero-order valence-electron chi connectivity index (χ0n) is 15.4. The molecule has 0 aromatic heterocycles. The van der Waals surface area contributed by atoms with Crippen LogP contribution in [0.5, 0.6) is 5.75 Å². The molecule has 27 heavy (non-hydrogen) atoms. The molecule has 0 radical (unpaired) electrons. The van der Waals surface area contributed by atoms with Crippen LogP contribution in [0.3, 0.4) is 0 Å². The van der Waals surface area contributed by atoms with Crippen molar-refractivity contribution in [2.45, 2.75) is 12.5 Å². The maximum atomic E-state index is 13.0. The second-order valence-corrected chi connectivity index (χ2v) is 6.38. The first kappa shape index (κ1) is 18.9. The van der Waals surface area contributed by atoms with Crippen molar-refractivity contribution in [3.8, 4) is 5.75 Å². The highest BCUT2D eigenvalue weighted by molar-refractivity contribution is 5.97. The number of carbonyl (C=O) groups excluding carboxylic acids is 2. The summed E-state index contributed by atoms with van der Waals surface area (Å²) in [6.45, 7) is 2.14. The molecule has 0 spiro atoms. The average molecular weight is 368 g/mol. The molecule has 0 saturated carbocycles. The molecule has 1 aliphatic heterocycles. The van der Waals surface area contributed by atoms with Crippen LogP contribution in [0.4, 0.5) is 0 Å². The lowest BCUT2D eigenvalue weighted by molar-refractivity contribution is -0.137. The van der Waals surface area contributed by atoms with Crippen LogP contribution in [0, 0.1) is 0 Å². The van der Waals surface area contributed by atoms with Crippen LogP contribution in [-0.4, -0.2) is 56.2 Å². The third-order valence-corrected chi connectivity index (χ3v) is 4.56. The van der Waals surface area contributed by atoms with Gasteiger partial charge < -0.3 is 19.7 Å². The van der Waals surface area contributed by atoms with Crippen molar-refractivity contribution in [2.24, 2.45) is 0 Å². The maximum Gasteiger partial charge on any atom is 0.251 e. The highest BCUT2D eigenvalue weighted by Crippen LogP contribution is 2.13. The number of nitrogens with zero attached hydrogens (tertiary/aromatic N) is 1. The van der Waals surface area contributed by atoms with E-state index >= 15 is 0 Å². The van der Waals surface area contributed by atoms with Crippen LogP contribution < -0.4 is 10.1 Å². The Hall–Kier alpha value is -2.86. The van der Waals surface area contributed by atoms with Crippen LogP contribution in [0.25, 0.3) is 0 Å². The van der Waals surface area contributed by atoms with Gasteiger partial charge in [-0.25, -0.2) is 0 Å². The quantitative estimate of drug-likeness (QED) is 0.846. The van der Waals surface area contributed by atoms with Gasteiger partial charge in [0.05, 0.1) is 20.3 Å². The molecule has 1 saturated heterocycles. The molecule has 0 bridgehead atoms. The highest BCUT2D eigenvalue weighted by atomic mass is 16.5. The van der Waals surface area contributed by atoms with E-state index in [1.807, 2.05) is 30.3 Å². The molecule has 1 atom stereocenters. The molecule has 2 aromatic carbocycles. The van der Waals surface area contributed by atoms with E-state index in [2.05, 4.69) is 5.32 Å². The van der Waals surface area contributed by atoms with Crippen molar-refractivity contribution in [2.75, 3.05) is 33.4 Å². The van der Waals surface area contributed by atoms with Crippen molar-refractivity contribution in [1.82, 2.24) is 10.2 Å². The molecule has 1 N–H and O–H groups in total. The predicted molar refractivity (Wildman–Crippen MR) is 102 cm³/mol. The number of carbonyl (C=O) groups is 2. The van der Waals surface area contributed by atoms with Gasteiger partial charge in [0.15, 0.2) is 0 Å². The van der Waals surface area contributed by atoms with Crippen LogP contribution in [0.15, 0.2) is 54.6 Å². The number of benzene rings is 2. The molecule has 0 unspecified atom stereocenters. The number of hydrogen-bond acceptors (Lipinski definition) is 4. The topological polar surface area (TPSA) is 67.9 Å². The minimum absolute atomic E-state index is 0.0796. The third-order valence-electron chi connectivity index (χ3n) is 4.56. The smallest absolute Gasteiger partial charge is 0.251 e. The average Bonchev–Trinajstić information content (AvgIpc) is 2.74. The van der Waals surface area contributed by atoms with Gasteiger partial charge in [0, 0.05) is 25.1 Å². The fraction of sp³-hybridized carbons (Fsp3) is 0.333. The standard InChI is InChI=1S/C21H24N2O4/c1-26-18-9-7-17(8-10-18)20(24)22-19(15-16-5-3-2-4-6-16)21(25)23-11-13-27-14-12-23/h2-10,19H,11-15H2,1H3,(H,22,24)/t19-/m0/s1. The van der Waals surface area contributed by atoms with Gasteiger partial charge in [-0.3, -0.25) is 9.59 Å². The fourth-order valence-electron chi connectivity index (χ4n) is 3.04. The van der Waals surface area contributed by atoms with Crippen molar-refractivity contribution in [3.05, 3.63) is 65.7 Å². The SMILES string of the molecule is COc1ccc(C(=O)N[C@@H](Cc2ccccc2)C(=O)N2CCOCC2)cc1. The lowest BCUT2D eigenvalue weighted by atomic mass is 10.0. The van der Waals surface area contributed by atoms with Crippen LogP contribution >= 0.6 is 0 Å². The molecule has 6 heteroatoms. The van der Waals surface area contributed by atoms with Crippen LogP contribution in [0.1, 0.15) is 15.9 Å². The number of ether oxygens (including phenoxy) is 2. The Morgan fingerprint density at radius 3 is 2.37 bits per heavy atom. The molecule has 1 heterocycles. The normalized spacial score (nSPS) is 15.1. The Bertz CT molecular complexity index is 756. The molecule has 142 valence electrons. The summed E-state index contributed by atoms with van der Waals surface area (Å²) < 4.78 is 10.4.